The topological polar surface area (TPSA) is 149 Å². The Hall–Kier alpha value is -4.16. The van der Waals surface area contributed by atoms with Gasteiger partial charge in [-0.1, -0.05) is 29.8 Å². The third kappa shape index (κ3) is 4.74. The summed E-state index contributed by atoms with van der Waals surface area (Å²) in [7, 11) is 4.58. The summed E-state index contributed by atoms with van der Waals surface area (Å²) in [4.78, 5) is 38.3. The molecule has 4 fully saturated rings. The van der Waals surface area contributed by atoms with Crippen molar-refractivity contribution in [2.75, 3.05) is 47.6 Å². The molecule has 0 spiro atoms. The zero-order chi connectivity index (χ0) is 37.7. The second-order valence-corrected chi connectivity index (χ2v) is 16.6. The molecule has 1 saturated carbocycles. The van der Waals surface area contributed by atoms with Crippen LogP contribution in [-0.4, -0.2) is 103 Å². The number of nitrogens with zero attached hydrogens (tertiary/aromatic N) is 1. The van der Waals surface area contributed by atoms with Crippen molar-refractivity contribution in [2.45, 2.75) is 75.5 Å². The van der Waals surface area contributed by atoms with Gasteiger partial charge in [-0.05, 0) is 75.1 Å². The van der Waals surface area contributed by atoms with E-state index in [0.29, 0.717) is 31.6 Å². The summed E-state index contributed by atoms with van der Waals surface area (Å²) in [6.45, 7) is 5.80. The van der Waals surface area contributed by atoms with E-state index in [0.717, 1.165) is 81.4 Å². The summed E-state index contributed by atoms with van der Waals surface area (Å²) in [6.07, 6.45) is 4.88. The van der Waals surface area contributed by atoms with Crippen LogP contribution < -0.4 is 10.1 Å². The molecule has 3 saturated heterocycles. The number of carbonyl (C=O) groups is 2. The van der Waals surface area contributed by atoms with Crippen molar-refractivity contribution in [3.8, 4) is 5.75 Å². The molecular formula is C43H52N4O7. The lowest BCUT2D eigenvalue weighted by Gasteiger charge is -2.58. The van der Waals surface area contributed by atoms with Gasteiger partial charge in [-0.3, -0.25) is 14.5 Å². The summed E-state index contributed by atoms with van der Waals surface area (Å²) in [5, 5.41) is 28.2. The number of esters is 2. The van der Waals surface area contributed by atoms with E-state index in [1.807, 2.05) is 26.0 Å². The average molecular weight is 737 g/mol. The van der Waals surface area contributed by atoms with E-state index in [2.05, 4.69) is 50.5 Å². The molecule has 10 atom stereocenters. The molecule has 54 heavy (non-hydrogen) atoms. The van der Waals surface area contributed by atoms with E-state index >= 15 is 0 Å². The van der Waals surface area contributed by atoms with Crippen molar-refractivity contribution < 1.29 is 34.0 Å². The first-order valence-electron chi connectivity index (χ1n) is 19.6. The van der Waals surface area contributed by atoms with E-state index in [9.17, 15) is 19.8 Å². The van der Waals surface area contributed by atoms with Crippen molar-refractivity contribution in [3.63, 3.8) is 0 Å². The molecule has 2 aromatic heterocycles. The maximum atomic E-state index is 14.3. The molecule has 11 heteroatoms. The fraction of sp³-hybridized carbons (Fsp3) is 0.535. The first kappa shape index (κ1) is 35.5. The summed E-state index contributed by atoms with van der Waals surface area (Å²) in [6, 6.07) is 12.1. The number of piperidine rings is 3. The van der Waals surface area contributed by atoms with E-state index in [4.69, 9.17) is 14.2 Å². The largest absolute Gasteiger partial charge is 0.496 e. The molecule has 0 amide bonds. The summed E-state index contributed by atoms with van der Waals surface area (Å²) < 4.78 is 17.5. The number of para-hydroxylation sites is 1. The predicted molar refractivity (Wildman–Crippen MR) is 205 cm³/mol. The van der Waals surface area contributed by atoms with Gasteiger partial charge in [-0.25, -0.2) is 0 Å². The highest BCUT2D eigenvalue weighted by molar-refractivity contribution is 5.93. The van der Waals surface area contributed by atoms with Gasteiger partial charge in [0, 0.05) is 94.3 Å². The number of methoxy groups -OCH3 is 3. The zero-order valence-electron chi connectivity index (χ0n) is 31.8. The fourth-order valence-electron chi connectivity index (χ4n) is 12.2. The fourth-order valence-corrected chi connectivity index (χ4v) is 12.2. The SMILES string of the molecule is CC=C1CNC2Cc3c([nH]c4ccccc34)C(c3cc4c5c([nH]c4cc3OC)C3(C(=O)OC)CC4CC(C(C)O)C3N(CC5)C4)CC1C2(CO)C(=O)OC. The number of hydrogen-bond donors (Lipinski definition) is 5. The monoisotopic (exact) mass is 736 g/mol. The lowest BCUT2D eigenvalue weighted by molar-refractivity contribution is -0.166. The van der Waals surface area contributed by atoms with Crippen LogP contribution in [-0.2, 0) is 37.3 Å². The first-order valence-corrected chi connectivity index (χ1v) is 19.6. The predicted octanol–water partition coefficient (Wildman–Crippen LogP) is 4.48. The molecular weight excluding hydrogens is 684 g/mol. The number of benzene rings is 2. The molecule has 2 aromatic carbocycles. The minimum atomic E-state index is -1.20. The lowest BCUT2D eigenvalue weighted by Crippen LogP contribution is -2.68. The smallest absolute Gasteiger partial charge is 0.319 e. The second-order valence-electron chi connectivity index (χ2n) is 16.6. The molecule has 10 unspecified atom stereocenters. The number of fused-ring (bicyclic) bond motifs is 9. The van der Waals surface area contributed by atoms with Crippen molar-refractivity contribution in [1.29, 1.82) is 0 Å². The highest BCUT2D eigenvalue weighted by atomic mass is 16.5. The van der Waals surface area contributed by atoms with Crippen molar-refractivity contribution >= 4 is 33.7 Å². The number of nitrogens with one attached hydrogen (secondary N) is 3. The van der Waals surface area contributed by atoms with Gasteiger partial charge in [0.1, 0.15) is 16.6 Å². The molecule has 6 heterocycles. The standard InChI is InChI=1S/C43H52N4O7/c1-6-24-19-44-36-16-31-25-9-7-8-10-33(25)45-37(31)30(15-32(24)43(36,21-48)41(51)54-5)29-14-28-26-11-12-47-20-23-13-27(22(2)49)39(47)42(18-23,40(50)53-4)38(26)46-34(28)17-35(29)52-3/h6-10,14,17,22-23,27,30,32,36,39,44-46,48-49H,11-13,15-16,18-21H2,1-5H3. The zero-order valence-corrected chi connectivity index (χ0v) is 31.8. The third-order valence-corrected chi connectivity index (χ3v) is 14.4. The first-order chi connectivity index (χ1) is 26.1. The third-order valence-electron chi connectivity index (χ3n) is 14.4. The number of aromatic nitrogens is 2. The molecule has 11 nitrogen and oxygen atoms in total. The van der Waals surface area contributed by atoms with Gasteiger partial charge in [0.05, 0.1) is 34.0 Å². The number of rotatable bonds is 6. The van der Waals surface area contributed by atoms with Crippen molar-refractivity contribution in [3.05, 3.63) is 76.1 Å². The lowest BCUT2D eigenvalue weighted by atomic mass is 9.56. The highest BCUT2D eigenvalue weighted by Gasteiger charge is 2.64. The second kappa shape index (κ2) is 13.0. The number of ether oxygens (including phenoxy) is 3. The number of aromatic amines is 2. The van der Waals surface area contributed by atoms with Crippen LogP contribution >= 0.6 is 0 Å². The van der Waals surface area contributed by atoms with Crippen LogP contribution in [0.1, 0.15) is 67.1 Å². The van der Waals surface area contributed by atoms with Crippen molar-refractivity contribution in [1.82, 2.24) is 20.2 Å². The molecule has 286 valence electrons. The summed E-state index contributed by atoms with van der Waals surface area (Å²) in [5.74, 6) is -0.304. The molecule has 4 aliphatic heterocycles. The molecule has 6 aliphatic rings. The molecule has 6 bridgehead atoms. The van der Waals surface area contributed by atoms with Gasteiger partial charge in [0.15, 0.2) is 0 Å². The van der Waals surface area contributed by atoms with E-state index in [-0.39, 0.29) is 48.3 Å². The normalized spacial score (nSPS) is 34.1. The van der Waals surface area contributed by atoms with E-state index in [1.165, 1.54) is 14.2 Å². The summed E-state index contributed by atoms with van der Waals surface area (Å²) in [5.41, 5.74) is 6.00. The Labute approximate surface area is 315 Å². The number of allylic oxidation sites excluding steroid dienone is 1. The maximum absolute atomic E-state index is 14.3. The van der Waals surface area contributed by atoms with Crippen LogP contribution in [0.15, 0.2) is 48.0 Å². The molecule has 10 rings (SSSR count). The molecule has 5 N–H and O–H groups in total. The van der Waals surface area contributed by atoms with Gasteiger partial charge >= 0.3 is 11.9 Å². The van der Waals surface area contributed by atoms with Crippen LogP contribution in [0.3, 0.4) is 0 Å². The van der Waals surface area contributed by atoms with Crippen LogP contribution in [0.4, 0.5) is 0 Å². The van der Waals surface area contributed by atoms with E-state index in [1.54, 1.807) is 7.11 Å². The summed E-state index contributed by atoms with van der Waals surface area (Å²) >= 11 is 0. The Kier molecular flexibility index (Phi) is 8.53. The minimum Gasteiger partial charge on any atom is -0.496 e. The maximum Gasteiger partial charge on any atom is 0.319 e. The molecule has 2 aliphatic carbocycles. The molecule has 4 aromatic rings. The number of H-pyrrole nitrogens is 2. The van der Waals surface area contributed by atoms with Crippen LogP contribution in [0.25, 0.3) is 21.8 Å². The Morgan fingerprint density at radius 2 is 1.83 bits per heavy atom. The number of hydrogen-bond acceptors (Lipinski definition) is 9. The Morgan fingerprint density at radius 1 is 1.04 bits per heavy atom. The van der Waals surface area contributed by atoms with Gasteiger partial charge in [-0.2, -0.15) is 0 Å². The number of aliphatic hydroxyl groups excluding tert-OH is 2. The number of aliphatic hydroxyl groups is 2. The van der Waals surface area contributed by atoms with Crippen LogP contribution in [0, 0.1) is 23.2 Å². The van der Waals surface area contributed by atoms with Gasteiger partial charge < -0.3 is 39.7 Å². The van der Waals surface area contributed by atoms with Crippen molar-refractivity contribution in [2.24, 2.45) is 23.2 Å². The van der Waals surface area contributed by atoms with Gasteiger partial charge in [0.2, 0.25) is 0 Å². The Morgan fingerprint density at radius 3 is 2.56 bits per heavy atom. The van der Waals surface area contributed by atoms with E-state index < -0.39 is 22.9 Å². The highest BCUT2D eigenvalue weighted by Crippen LogP contribution is 2.57. The van der Waals surface area contributed by atoms with Gasteiger partial charge in [0.25, 0.3) is 0 Å². The molecule has 0 radical (unpaired) electrons. The number of carbonyl (C=O) groups excluding carboxylic acids is 2. The van der Waals surface area contributed by atoms with Crippen LogP contribution in [0.5, 0.6) is 5.75 Å². The Bertz CT molecular complexity index is 2190. The Balaban J connectivity index is 1.29. The minimum absolute atomic E-state index is 0.0503. The quantitative estimate of drug-likeness (QED) is 0.143. The average Bonchev–Trinajstić information content (AvgIpc) is 3.72. The van der Waals surface area contributed by atoms with Crippen LogP contribution in [0.2, 0.25) is 0 Å². The van der Waals surface area contributed by atoms with Gasteiger partial charge in [-0.15, -0.1) is 0 Å².